The zero-order valence-electron chi connectivity index (χ0n) is 15.8. The number of benzene rings is 1. The monoisotopic (exact) mass is 404 g/mol. The number of hydrogen-bond donors (Lipinski definition) is 2. The quantitative estimate of drug-likeness (QED) is 0.465. The van der Waals surface area contributed by atoms with Crippen molar-refractivity contribution in [2.75, 3.05) is 24.6 Å². The van der Waals surface area contributed by atoms with E-state index in [1.807, 2.05) is 13.8 Å². The van der Waals surface area contributed by atoms with Gasteiger partial charge in [-0.15, -0.1) is 0 Å². The molecule has 6 nitrogen and oxygen atoms in total. The van der Waals surface area contributed by atoms with E-state index in [0.717, 1.165) is 25.7 Å². The van der Waals surface area contributed by atoms with Gasteiger partial charge in [0.05, 0.1) is 11.5 Å². The zero-order valence-corrected chi connectivity index (χ0v) is 17.5. The molecular weight excluding hydrogens is 372 g/mol. The summed E-state index contributed by atoms with van der Waals surface area (Å²) >= 11 is 0. The minimum Gasteiger partial charge on any atom is -0.215 e. The zero-order chi connectivity index (χ0) is 19.5. The van der Waals surface area contributed by atoms with E-state index in [-0.39, 0.29) is 11.5 Å². The second-order valence-electron chi connectivity index (χ2n) is 6.45. The van der Waals surface area contributed by atoms with E-state index in [1.165, 1.54) is 11.1 Å². The second-order valence-corrected chi connectivity index (χ2v) is 10.3. The van der Waals surface area contributed by atoms with Crippen LogP contribution in [0.5, 0.6) is 0 Å². The lowest BCUT2D eigenvalue weighted by atomic mass is 10.0. The van der Waals surface area contributed by atoms with Gasteiger partial charge in [0.1, 0.15) is 0 Å². The van der Waals surface area contributed by atoms with E-state index in [4.69, 9.17) is 0 Å². The minimum atomic E-state index is -3.12. The van der Waals surface area contributed by atoms with Gasteiger partial charge < -0.3 is 0 Å². The van der Waals surface area contributed by atoms with Crippen molar-refractivity contribution < 1.29 is 16.8 Å². The fourth-order valence-corrected chi connectivity index (χ4v) is 4.87. The van der Waals surface area contributed by atoms with Crippen molar-refractivity contribution in [3.8, 4) is 0 Å². The maximum Gasteiger partial charge on any atom is 0.211 e. The molecule has 26 heavy (non-hydrogen) atoms. The normalized spacial score (nSPS) is 12.4. The summed E-state index contributed by atoms with van der Waals surface area (Å²) in [6.45, 7) is 4.62. The van der Waals surface area contributed by atoms with E-state index >= 15 is 0 Å². The largest absolute Gasteiger partial charge is 0.215 e. The summed E-state index contributed by atoms with van der Waals surface area (Å²) in [6, 6.07) is 8.21. The maximum absolute atomic E-state index is 11.6. The molecule has 0 bridgehead atoms. The lowest BCUT2D eigenvalue weighted by Gasteiger charge is -2.07. The highest BCUT2D eigenvalue weighted by Gasteiger charge is 2.08. The number of rotatable bonds is 14. The molecule has 2 N–H and O–H groups in total. The molecule has 0 aliphatic rings. The first-order chi connectivity index (χ1) is 12.3. The molecule has 0 amide bonds. The van der Waals surface area contributed by atoms with Crippen molar-refractivity contribution in [2.24, 2.45) is 0 Å². The van der Waals surface area contributed by atoms with Crippen LogP contribution in [-0.2, 0) is 32.9 Å². The van der Waals surface area contributed by atoms with E-state index in [0.29, 0.717) is 25.9 Å². The van der Waals surface area contributed by atoms with Crippen LogP contribution < -0.4 is 9.44 Å². The summed E-state index contributed by atoms with van der Waals surface area (Å²) in [5.41, 5.74) is 2.35. The van der Waals surface area contributed by atoms with Crippen LogP contribution in [0.4, 0.5) is 0 Å². The molecular formula is C18H32N2O4S2. The maximum atomic E-state index is 11.6. The molecule has 0 saturated carbocycles. The van der Waals surface area contributed by atoms with Gasteiger partial charge in [0, 0.05) is 13.1 Å². The molecule has 0 aromatic heterocycles. The average Bonchev–Trinajstić information content (AvgIpc) is 2.57. The highest BCUT2D eigenvalue weighted by atomic mass is 32.2. The van der Waals surface area contributed by atoms with Crippen LogP contribution in [0.15, 0.2) is 24.3 Å². The summed E-state index contributed by atoms with van der Waals surface area (Å²) < 4.78 is 51.5. The molecule has 0 unspecified atom stereocenters. The molecule has 0 aliphatic heterocycles. The number of aryl methyl sites for hydroxylation is 2. The summed E-state index contributed by atoms with van der Waals surface area (Å²) in [7, 11) is -6.24. The molecule has 0 spiro atoms. The van der Waals surface area contributed by atoms with E-state index < -0.39 is 20.0 Å². The average molecular weight is 405 g/mol. The van der Waals surface area contributed by atoms with Gasteiger partial charge in [0.25, 0.3) is 0 Å². The number of hydrogen-bond acceptors (Lipinski definition) is 4. The van der Waals surface area contributed by atoms with Crippen molar-refractivity contribution in [2.45, 2.75) is 52.4 Å². The molecule has 1 aromatic rings. The van der Waals surface area contributed by atoms with Crippen molar-refractivity contribution in [3.63, 3.8) is 0 Å². The standard InChI is InChI=1S/C18H32N2O4S2/c1-3-15-25(21,22)19-13-5-7-17-9-11-18(12-10-17)8-6-14-20-26(23,24)16-4-2/h9-12,19-20H,3-8,13-16H2,1-2H3. The highest BCUT2D eigenvalue weighted by molar-refractivity contribution is 7.89. The first-order valence-electron chi connectivity index (χ1n) is 9.30. The molecule has 0 atom stereocenters. The Kier molecular flexibility index (Phi) is 10.4. The Bertz CT molecular complexity index is 651. The summed E-state index contributed by atoms with van der Waals surface area (Å²) in [4.78, 5) is 0. The van der Waals surface area contributed by atoms with Gasteiger partial charge in [-0.05, 0) is 49.7 Å². The van der Waals surface area contributed by atoms with Crippen LogP contribution in [0, 0.1) is 0 Å². The lowest BCUT2D eigenvalue weighted by Crippen LogP contribution is -2.27. The topological polar surface area (TPSA) is 92.3 Å². The third-order valence-corrected chi connectivity index (χ3v) is 7.08. The first kappa shape index (κ1) is 23.1. The van der Waals surface area contributed by atoms with Crippen LogP contribution >= 0.6 is 0 Å². The highest BCUT2D eigenvalue weighted by Crippen LogP contribution is 2.08. The molecule has 1 aromatic carbocycles. The summed E-state index contributed by atoms with van der Waals surface area (Å²) in [5, 5.41) is 0. The minimum absolute atomic E-state index is 0.177. The van der Waals surface area contributed by atoms with Crippen LogP contribution in [0.3, 0.4) is 0 Å². The van der Waals surface area contributed by atoms with Gasteiger partial charge in [0.2, 0.25) is 20.0 Å². The molecule has 0 radical (unpaired) electrons. The van der Waals surface area contributed by atoms with Gasteiger partial charge in [-0.1, -0.05) is 38.1 Å². The predicted molar refractivity (Wildman–Crippen MR) is 107 cm³/mol. The van der Waals surface area contributed by atoms with Crippen molar-refractivity contribution in [3.05, 3.63) is 35.4 Å². The molecule has 8 heteroatoms. The van der Waals surface area contributed by atoms with E-state index in [1.54, 1.807) is 0 Å². The SMILES string of the molecule is CCCS(=O)(=O)NCCCc1ccc(CCCNS(=O)(=O)CCC)cc1. The van der Waals surface area contributed by atoms with Gasteiger partial charge in [-0.2, -0.15) is 0 Å². The number of nitrogens with one attached hydrogen (secondary N) is 2. The third kappa shape index (κ3) is 10.3. The van der Waals surface area contributed by atoms with Crippen LogP contribution in [-0.4, -0.2) is 41.4 Å². The smallest absolute Gasteiger partial charge is 0.211 e. The van der Waals surface area contributed by atoms with Crippen molar-refractivity contribution >= 4 is 20.0 Å². The van der Waals surface area contributed by atoms with Crippen molar-refractivity contribution in [1.29, 1.82) is 0 Å². The molecule has 1 rings (SSSR count). The first-order valence-corrected chi connectivity index (χ1v) is 12.6. The summed E-state index contributed by atoms with van der Waals surface area (Å²) in [5.74, 6) is 0.354. The van der Waals surface area contributed by atoms with E-state index in [9.17, 15) is 16.8 Å². The Balaban J connectivity index is 2.27. The second kappa shape index (κ2) is 11.7. The van der Waals surface area contributed by atoms with Gasteiger partial charge >= 0.3 is 0 Å². The fraction of sp³-hybridized carbons (Fsp3) is 0.667. The predicted octanol–water partition coefficient (Wildman–Crippen LogP) is 2.21. The molecule has 0 aliphatic carbocycles. The Morgan fingerprint density at radius 1 is 0.692 bits per heavy atom. The Morgan fingerprint density at radius 2 is 1.04 bits per heavy atom. The molecule has 150 valence electrons. The Hall–Kier alpha value is -0.960. The fourth-order valence-electron chi connectivity index (χ4n) is 2.59. The van der Waals surface area contributed by atoms with Gasteiger partial charge in [-0.3, -0.25) is 0 Å². The van der Waals surface area contributed by atoms with Gasteiger partial charge in [-0.25, -0.2) is 26.3 Å². The molecule has 0 fully saturated rings. The van der Waals surface area contributed by atoms with Crippen LogP contribution in [0.2, 0.25) is 0 Å². The third-order valence-electron chi connectivity index (χ3n) is 3.90. The number of sulfonamides is 2. The van der Waals surface area contributed by atoms with E-state index in [2.05, 4.69) is 33.7 Å². The van der Waals surface area contributed by atoms with Crippen molar-refractivity contribution in [1.82, 2.24) is 9.44 Å². The Labute approximate surface area is 158 Å². The van der Waals surface area contributed by atoms with Crippen LogP contribution in [0.1, 0.15) is 50.7 Å². The van der Waals surface area contributed by atoms with Gasteiger partial charge in [0.15, 0.2) is 0 Å². The Morgan fingerprint density at radius 3 is 1.35 bits per heavy atom. The molecule has 0 saturated heterocycles. The summed E-state index contributed by atoms with van der Waals surface area (Å²) in [6.07, 6.45) is 4.42. The van der Waals surface area contributed by atoms with Crippen LogP contribution in [0.25, 0.3) is 0 Å². The molecule has 0 heterocycles. The lowest BCUT2D eigenvalue weighted by molar-refractivity contribution is 0.575.